The molecule has 0 unspecified atom stereocenters. The largest absolute Gasteiger partial charge is 0.449 e. The fraction of sp³-hybridized carbons (Fsp3) is 0.579. The summed E-state index contributed by atoms with van der Waals surface area (Å²) in [5.41, 5.74) is 4.98. The topological polar surface area (TPSA) is 67.9 Å². The number of amides is 2. The van der Waals surface area contributed by atoms with Gasteiger partial charge in [-0.05, 0) is 45.1 Å². The monoisotopic (exact) mass is 348 g/mol. The van der Waals surface area contributed by atoms with Gasteiger partial charge in [0.05, 0.1) is 19.3 Å². The van der Waals surface area contributed by atoms with Gasteiger partial charge < -0.3 is 9.47 Å². The second-order valence-electron chi connectivity index (χ2n) is 6.14. The number of hydrogen-bond acceptors (Lipinski definition) is 4. The SMILES string of the molecule is C=C[C@H]1C=CC(=C2CCCCC2)[C@@H]1N(NC(=O)OCC)C(=O)OCC. The molecule has 2 amide bonds. The molecule has 0 aromatic heterocycles. The molecule has 0 radical (unpaired) electrons. The highest BCUT2D eigenvalue weighted by atomic mass is 16.6. The molecule has 138 valence electrons. The van der Waals surface area contributed by atoms with Crippen molar-refractivity contribution in [2.24, 2.45) is 5.92 Å². The molecule has 25 heavy (non-hydrogen) atoms. The lowest BCUT2D eigenvalue weighted by atomic mass is 9.87. The van der Waals surface area contributed by atoms with Crippen molar-refractivity contribution in [2.45, 2.75) is 52.0 Å². The second kappa shape index (κ2) is 9.30. The quantitative estimate of drug-likeness (QED) is 0.613. The first kappa shape index (κ1) is 19.1. The van der Waals surface area contributed by atoms with Crippen LogP contribution in [0.4, 0.5) is 9.59 Å². The van der Waals surface area contributed by atoms with Crippen LogP contribution in [0.3, 0.4) is 0 Å². The van der Waals surface area contributed by atoms with Gasteiger partial charge in [-0.1, -0.05) is 30.2 Å². The first-order valence-electron chi connectivity index (χ1n) is 9.04. The van der Waals surface area contributed by atoms with Gasteiger partial charge in [0, 0.05) is 5.92 Å². The molecule has 1 saturated carbocycles. The number of allylic oxidation sites excluding steroid dienone is 1. The number of rotatable bonds is 4. The molecule has 6 nitrogen and oxygen atoms in total. The zero-order chi connectivity index (χ0) is 18.2. The Morgan fingerprint density at radius 2 is 1.92 bits per heavy atom. The maximum atomic E-state index is 12.5. The Balaban J connectivity index is 2.33. The Labute approximate surface area is 149 Å². The molecule has 0 aromatic carbocycles. The molecule has 2 aliphatic rings. The lowest BCUT2D eigenvalue weighted by molar-refractivity contribution is 0.0586. The summed E-state index contributed by atoms with van der Waals surface area (Å²) in [5.74, 6) is -0.0873. The van der Waals surface area contributed by atoms with Crippen LogP contribution in [0.5, 0.6) is 0 Å². The van der Waals surface area contributed by atoms with E-state index in [9.17, 15) is 9.59 Å². The Bertz CT molecular complexity index is 560. The Kier molecular flexibility index (Phi) is 7.10. The van der Waals surface area contributed by atoms with Gasteiger partial charge in [0.1, 0.15) is 0 Å². The van der Waals surface area contributed by atoms with Crippen LogP contribution in [0.1, 0.15) is 46.0 Å². The van der Waals surface area contributed by atoms with Gasteiger partial charge in [0.15, 0.2) is 0 Å². The van der Waals surface area contributed by atoms with Crippen molar-refractivity contribution in [3.63, 3.8) is 0 Å². The van der Waals surface area contributed by atoms with Crippen LogP contribution in [0, 0.1) is 5.92 Å². The summed E-state index contributed by atoms with van der Waals surface area (Å²) in [6.45, 7) is 7.78. The highest BCUT2D eigenvalue weighted by molar-refractivity contribution is 5.75. The minimum absolute atomic E-state index is 0.0873. The van der Waals surface area contributed by atoms with Crippen LogP contribution in [-0.2, 0) is 9.47 Å². The van der Waals surface area contributed by atoms with Gasteiger partial charge in [0.25, 0.3) is 0 Å². The first-order valence-corrected chi connectivity index (χ1v) is 9.04. The van der Waals surface area contributed by atoms with E-state index in [0.717, 1.165) is 31.3 Å². The molecule has 2 aliphatic carbocycles. The summed E-state index contributed by atoms with van der Waals surface area (Å²) in [5, 5.41) is 1.25. The fourth-order valence-corrected chi connectivity index (χ4v) is 3.42. The summed E-state index contributed by atoms with van der Waals surface area (Å²) in [4.78, 5) is 24.5. The number of ether oxygens (including phenoxy) is 2. The molecule has 2 atom stereocenters. The molecule has 0 aliphatic heterocycles. The van der Waals surface area contributed by atoms with Crippen LogP contribution in [0.25, 0.3) is 0 Å². The van der Waals surface area contributed by atoms with Crippen molar-refractivity contribution in [3.05, 3.63) is 36.0 Å². The average Bonchev–Trinajstić information content (AvgIpc) is 3.04. The van der Waals surface area contributed by atoms with E-state index < -0.39 is 12.2 Å². The van der Waals surface area contributed by atoms with E-state index in [4.69, 9.17) is 9.47 Å². The molecule has 6 heteroatoms. The van der Waals surface area contributed by atoms with Gasteiger partial charge in [0.2, 0.25) is 0 Å². The molecule has 0 aromatic rings. The van der Waals surface area contributed by atoms with Crippen molar-refractivity contribution >= 4 is 12.2 Å². The average molecular weight is 348 g/mol. The van der Waals surface area contributed by atoms with Gasteiger partial charge in [-0.25, -0.2) is 20.0 Å². The van der Waals surface area contributed by atoms with Crippen LogP contribution in [0.15, 0.2) is 36.0 Å². The second-order valence-corrected chi connectivity index (χ2v) is 6.14. The Hall–Kier alpha value is -2.24. The summed E-state index contributed by atoms with van der Waals surface area (Å²) >= 11 is 0. The van der Waals surface area contributed by atoms with Crippen LogP contribution in [-0.4, -0.2) is 36.5 Å². The van der Waals surface area contributed by atoms with Gasteiger partial charge in [-0.3, -0.25) is 0 Å². The standard InChI is InChI=1S/C19H28N2O4/c1-4-14-12-13-16(15-10-8-7-9-11-15)17(14)21(19(23)25-6-3)20-18(22)24-5-2/h4,12-14,17H,1,5-11H2,2-3H3,(H,20,22)/t14-,17+/m0/s1. The summed E-state index contributed by atoms with van der Waals surface area (Å²) in [6.07, 6.45) is 10.2. The maximum absolute atomic E-state index is 12.5. The Morgan fingerprint density at radius 3 is 2.52 bits per heavy atom. The first-order chi connectivity index (χ1) is 12.1. The fourth-order valence-electron chi connectivity index (χ4n) is 3.42. The predicted molar refractivity (Wildman–Crippen MR) is 95.7 cm³/mol. The molecule has 0 heterocycles. The van der Waals surface area contributed by atoms with Crippen molar-refractivity contribution in [2.75, 3.05) is 13.2 Å². The normalized spacial score (nSPS) is 22.5. The van der Waals surface area contributed by atoms with Crippen molar-refractivity contribution in [1.29, 1.82) is 0 Å². The number of nitrogens with one attached hydrogen (secondary N) is 1. The summed E-state index contributed by atoms with van der Waals surface area (Å²) < 4.78 is 10.1. The molecule has 0 bridgehead atoms. The Morgan fingerprint density at radius 1 is 1.24 bits per heavy atom. The van der Waals surface area contributed by atoms with Gasteiger partial charge >= 0.3 is 12.2 Å². The van der Waals surface area contributed by atoms with Gasteiger partial charge in [-0.15, -0.1) is 6.58 Å². The van der Waals surface area contributed by atoms with Crippen LogP contribution < -0.4 is 5.43 Å². The van der Waals surface area contributed by atoms with E-state index in [1.54, 1.807) is 19.9 Å². The van der Waals surface area contributed by atoms with E-state index in [1.165, 1.54) is 17.0 Å². The predicted octanol–water partition coefficient (Wildman–Crippen LogP) is 4.11. The molecule has 0 spiro atoms. The van der Waals surface area contributed by atoms with E-state index in [1.807, 2.05) is 6.08 Å². The van der Waals surface area contributed by atoms with E-state index >= 15 is 0 Å². The molecular formula is C19H28N2O4. The number of hydrazine groups is 1. The maximum Gasteiger partial charge on any atom is 0.429 e. The van der Waals surface area contributed by atoms with Crippen LogP contribution in [0.2, 0.25) is 0 Å². The highest BCUT2D eigenvalue weighted by Gasteiger charge is 2.37. The number of nitrogens with zero attached hydrogens (tertiary/aromatic N) is 1. The molecule has 1 N–H and O–H groups in total. The third kappa shape index (κ3) is 4.65. The minimum Gasteiger partial charge on any atom is -0.449 e. The van der Waals surface area contributed by atoms with Crippen molar-refractivity contribution in [1.82, 2.24) is 10.4 Å². The van der Waals surface area contributed by atoms with E-state index in [2.05, 4.69) is 18.1 Å². The van der Waals surface area contributed by atoms with Crippen LogP contribution >= 0.6 is 0 Å². The summed E-state index contributed by atoms with van der Waals surface area (Å²) in [7, 11) is 0. The number of carbonyl (C=O) groups is 2. The number of carbonyl (C=O) groups excluding carboxylic acids is 2. The third-order valence-electron chi connectivity index (χ3n) is 4.55. The number of hydrogen-bond donors (Lipinski definition) is 1. The zero-order valence-electron chi connectivity index (χ0n) is 15.1. The van der Waals surface area contributed by atoms with E-state index in [0.29, 0.717) is 0 Å². The highest BCUT2D eigenvalue weighted by Crippen LogP contribution is 2.36. The van der Waals surface area contributed by atoms with E-state index in [-0.39, 0.29) is 25.2 Å². The van der Waals surface area contributed by atoms with Gasteiger partial charge in [-0.2, -0.15) is 0 Å². The molecule has 0 saturated heterocycles. The smallest absolute Gasteiger partial charge is 0.429 e. The van der Waals surface area contributed by atoms with Crippen molar-refractivity contribution < 1.29 is 19.1 Å². The summed E-state index contributed by atoms with van der Waals surface area (Å²) in [6, 6.07) is -0.353. The van der Waals surface area contributed by atoms with Crippen molar-refractivity contribution in [3.8, 4) is 0 Å². The third-order valence-corrected chi connectivity index (χ3v) is 4.55. The lowest BCUT2D eigenvalue weighted by Crippen LogP contribution is -2.54. The molecular weight excluding hydrogens is 320 g/mol. The minimum atomic E-state index is -0.668. The lowest BCUT2D eigenvalue weighted by Gasteiger charge is -2.33. The molecule has 1 fully saturated rings. The molecule has 2 rings (SSSR count). The zero-order valence-corrected chi connectivity index (χ0v) is 15.1.